The number of fused-ring (bicyclic) bond motifs is 1. The van der Waals surface area contributed by atoms with Crippen molar-refractivity contribution in [3.63, 3.8) is 0 Å². The molecule has 1 unspecified atom stereocenters. The number of furan rings is 1. The molecule has 114 valence electrons. The smallest absolute Gasteiger partial charge is 0.239 e. The van der Waals surface area contributed by atoms with Gasteiger partial charge in [0, 0.05) is 5.69 Å². The number of thiazole rings is 1. The van der Waals surface area contributed by atoms with Crippen LogP contribution in [-0.2, 0) is 4.79 Å². The van der Waals surface area contributed by atoms with Crippen LogP contribution in [0.25, 0.3) is 10.2 Å². The van der Waals surface area contributed by atoms with Crippen molar-refractivity contribution in [2.24, 2.45) is 0 Å². The van der Waals surface area contributed by atoms with Gasteiger partial charge in [0.2, 0.25) is 5.91 Å². The van der Waals surface area contributed by atoms with Crippen LogP contribution in [0.2, 0.25) is 0 Å². The highest BCUT2D eigenvalue weighted by atomic mass is 32.1. The van der Waals surface area contributed by atoms with Gasteiger partial charge in [-0.25, -0.2) is 4.98 Å². The fourth-order valence-electron chi connectivity index (χ4n) is 2.23. The third kappa shape index (κ3) is 3.28. The number of hydrogen-bond acceptors (Lipinski definition) is 5. The minimum atomic E-state index is -0.143. The molecule has 0 saturated heterocycles. The average Bonchev–Trinajstić information content (AvgIpc) is 3.12. The van der Waals surface area contributed by atoms with Crippen LogP contribution >= 0.6 is 11.3 Å². The van der Waals surface area contributed by atoms with E-state index in [0.717, 1.165) is 26.7 Å². The molecule has 1 amide bonds. The van der Waals surface area contributed by atoms with Crippen LogP contribution in [0, 0.1) is 6.92 Å². The number of carbonyl (C=O) groups excluding carboxylic acids is 1. The number of benzene rings is 1. The quantitative estimate of drug-likeness (QED) is 0.756. The second-order valence-electron chi connectivity index (χ2n) is 5.07. The second kappa shape index (κ2) is 6.19. The van der Waals surface area contributed by atoms with Crippen LogP contribution in [0.1, 0.15) is 23.7 Å². The topological polar surface area (TPSA) is 67.2 Å². The Hall–Kier alpha value is -2.34. The molecule has 0 fully saturated rings. The summed E-state index contributed by atoms with van der Waals surface area (Å²) >= 11 is 1.65. The molecule has 0 radical (unpaired) electrons. The van der Waals surface area contributed by atoms with Crippen molar-refractivity contribution in [2.75, 3.05) is 11.9 Å². The van der Waals surface area contributed by atoms with Gasteiger partial charge in [0.25, 0.3) is 0 Å². The first kappa shape index (κ1) is 14.6. The lowest BCUT2D eigenvalue weighted by molar-refractivity contribution is -0.120. The van der Waals surface area contributed by atoms with Gasteiger partial charge in [-0.15, -0.1) is 11.3 Å². The molecule has 0 saturated carbocycles. The lowest BCUT2D eigenvalue weighted by Crippen LogP contribution is -2.31. The van der Waals surface area contributed by atoms with Crippen molar-refractivity contribution in [1.82, 2.24) is 10.3 Å². The SMILES string of the molecule is Cc1nc2ccc(NCC(=O)NC(C)c3ccco3)cc2s1. The highest BCUT2D eigenvalue weighted by Crippen LogP contribution is 2.24. The molecule has 3 aromatic rings. The molecule has 22 heavy (non-hydrogen) atoms. The van der Waals surface area contributed by atoms with Crippen molar-refractivity contribution in [2.45, 2.75) is 19.9 Å². The van der Waals surface area contributed by atoms with E-state index < -0.39 is 0 Å². The van der Waals surface area contributed by atoms with E-state index >= 15 is 0 Å². The predicted octanol–water partition coefficient (Wildman–Crippen LogP) is 3.49. The Kier molecular flexibility index (Phi) is 4.11. The minimum absolute atomic E-state index is 0.0792. The number of nitrogens with zero attached hydrogens (tertiary/aromatic N) is 1. The fraction of sp³-hybridized carbons (Fsp3) is 0.250. The molecule has 0 spiro atoms. The van der Waals surface area contributed by atoms with Crippen molar-refractivity contribution >= 4 is 33.1 Å². The Morgan fingerprint density at radius 1 is 1.41 bits per heavy atom. The number of carbonyl (C=O) groups is 1. The molecule has 1 atom stereocenters. The molecule has 0 bridgehead atoms. The van der Waals surface area contributed by atoms with Crippen LogP contribution in [0.15, 0.2) is 41.0 Å². The van der Waals surface area contributed by atoms with Gasteiger partial charge in [0.05, 0.1) is 34.1 Å². The summed E-state index contributed by atoms with van der Waals surface area (Å²) in [7, 11) is 0. The largest absolute Gasteiger partial charge is 0.467 e. The summed E-state index contributed by atoms with van der Waals surface area (Å²) in [5.74, 6) is 0.666. The first-order chi connectivity index (χ1) is 10.6. The van der Waals surface area contributed by atoms with Crippen LogP contribution in [0.4, 0.5) is 5.69 Å². The van der Waals surface area contributed by atoms with Crippen molar-refractivity contribution < 1.29 is 9.21 Å². The Bertz CT molecular complexity index is 780. The number of rotatable bonds is 5. The van der Waals surface area contributed by atoms with E-state index in [2.05, 4.69) is 15.6 Å². The van der Waals surface area contributed by atoms with Crippen molar-refractivity contribution in [1.29, 1.82) is 0 Å². The number of aryl methyl sites for hydroxylation is 1. The van der Waals surface area contributed by atoms with Gasteiger partial charge in [-0.1, -0.05) is 0 Å². The summed E-state index contributed by atoms with van der Waals surface area (Å²) in [5, 5.41) is 7.06. The van der Waals surface area contributed by atoms with Crippen molar-refractivity contribution in [3.05, 3.63) is 47.4 Å². The molecule has 5 nitrogen and oxygen atoms in total. The van der Waals surface area contributed by atoms with Gasteiger partial charge in [0.1, 0.15) is 5.76 Å². The summed E-state index contributed by atoms with van der Waals surface area (Å²) < 4.78 is 6.39. The maximum Gasteiger partial charge on any atom is 0.239 e. The van der Waals surface area contributed by atoms with E-state index in [4.69, 9.17) is 4.42 Å². The van der Waals surface area contributed by atoms with Gasteiger partial charge in [0.15, 0.2) is 0 Å². The van der Waals surface area contributed by atoms with E-state index in [-0.39, 0.29) is 18.5 Å². The second-order valence-corrected chi connectivity index (χ2v) is 6.31. The summed E-state index contributed by atoms with van der Waals surface area (Å²) in [4.78, 5) is 16.4. The van der Waals surface area contributed by atoms with Gasteiger partial charge >= 0.3 is 0 Å². The third-order valence-electron chi connectivity index (χ3n) is 3.30. The number of nitrogens with one attached hydrogen (secondary N) is 2. The van der Waals surface area contributed by atoms with E-state index in [0.29, 0.717) is 0 Å². The Balaban J connectivity index is 1.57. The van der Waals surface area contributed by atoms with Crippen LogP contribution < -0.4 is 10.6 Å². The van der Waals surface area contributed by atoms with Crippen molar-refractivity contribution in [3.8, 4) is 0 Å². The summed E-state index contributed by atoms with van der Waals surface area (Å²) in [6, 6.07) is 9.43. The third-order valence-corrected chi connectivity index (χ3v) is 4.23. The molecule has 3 rings (SSSR count). The molecule has 0 aliphatic rings. The minimum Gasteiger partial charge on any atom is -0.467 e. The number of anilines is 1. The summed E-state index contributed by atoms with van der Waals surface area (Å²) in [6.45, 7) is 4.10. The molecule has 2 N–H and O–H groups in total. The first-order valence-electron chi connectivity index (χ1n) is 7.05. The highest BCUT2D eigenvalue weighted by molar-refractivity contribution is 7.18. The maximum atomic E-state index is 12.0. The Labute approximate surface area is 132 Å². The summed E-state index contributed by atoms with van der Waals surface area (Å²) in [6.07, 6.45) is 1.60. The average molecular weight is 315 g/mol. The van der Waals surface area contributed by atoms with E-state index in [1.165, 1.54) is 0 Å². The lowest BCUT2D eigenvalue weighted by atomic mass is 10.2. The highest BCUT2D eigenvalue weighted by Gasteiger charge is 2.11. The van der Waals surface area contributed by atoms with Gasteiger partial charge in [-0.3, -0.25) is 4.79 Å². The normalized spacial score (nSPS) is 12.3. The van der Waals surface area contributed by atoms with E-state index in [1.54, 1.807) is 17.6 Å². The van der Waals surface area contributed by atoms with Gasteiger partial charge in [-0.2, -0.15) is 0 Å². The maximum absolute atomic E-state index is 12.0. The Morgan fingerprint density at radius 2 is 2.27 bits per heavy atom. The molecular formula is C16H17N3O2S. The number of amides is 1. The molecular weight excluding hydrogens is 298 g/mol. The summed E-state index contributed by atoms with van der Waals surface area (Å²) in [5.41, 5.74) is 1.90. The van der Waals surface area contributed by atoms with Crippen LogP contribution in [-0.4, -0.2) is 17.4 Å². The molecule has 0 aliphatic carbocycles. The Morgan fingerprint density at radius 3 is 3.05 bits per heavy atom. The number of hydrogen-bond donors (Lipinski definition) is 2. The molecule has 6 heteroatoms. The zero-order valence-electron chi connectivity index (χ0n) is 12.4. The standard InChI is InChI=1S/C16H17N3O2S/c1-10(14-4-3-7-21-14)18-16(20)9-17-12-5-6-13-15(8-12)22-11(2)19-13/h3-8,10,17H,9H2,1-2H3,(H,18,20). The van der Waals surface area contributed by atoms with Gasteiger partial charge < -0.3 is 15.1 Å². The van der Waals surface area contributed by atoms with E-state index in [9.17, 15) is 4.79 Å². The number of aromatic nitrogens is 1. The monoisotopic (exact) mass is 315 g/mol. The van der Waals surface area contributed by atoms with E-state index in [1.807, 2.05) is 44.2 Å². The molecule has 1 aromatic carbocycles. The zero-order valence-corrected chi connectivity index (χ0v) is 13.2. The van der Waals surface area contributed by atoms with Gasteiger partial charge in [-0.05, 0) is 44.2 Å². The molecule has 0 aliphatic heterocycles. The van der Waals surface area contributed by atoms with Crippen LogP contribution in [0.3, 0.4) is 0 Å². The molecule has 2 aromatic heterocycles. The lowest BCUT2D eigenvalue weighted by Gasteiger charge is -2.12. The zero-order chi connectivity index (χ0) is 15.5. The molecule has 2 heterocycles. The fourth-order valence-corrected chi connectivity index (χ4v) is 3.10. The van der Waals surface area contributed by atoms with Crippen LogP contribution in [0.5, 0.6) is 0 Å². The first-order valence-corrected chi connectivity index (χ1v) is 7.87. The predicted molar refractivity (Wildman–Crippen MR) is 88.1 cm³/mol.